The molecule has 0 spiro atoms. The molecule has 0 amide bonds. The molecule has 372 valence electrons. The predicted octanol–water partition coefficient (Wildman–Crippen LogP) is 17.5. The fraction of sp³-hybridized carbons (Fsp3) is 0.304. The van der Waals surface area contributed by atoms with Crippen LogP contribution in [0.15, 0.2) is 158 Å². The van der Waals surface area contributed by atoms with Crippen molar-refractivity contribution in [3.63, 3.8) is 0 Å². The minimum absolute atomic E-state index is 0.00684. The Kier molecular flexibility index (Phi) is 10.1. The van der Waals surface area contributed by atoms with E-state index in [-0.39, 0.29) is 27.1 Å². The second-order valence-corrected chi connectivity index (χ2v) is 25.0. The lowest BCUT2D eigenvalue weighted by atomic mass is 9.62. The van der Waals surface area contributed by atoms with Crippen LogP contribution >= 0.6 is 0 Å². The molecule has 0 atom stereocenters. The van der Waals surface area contributed by atoms with Gasteiger partial charge >= 0.3 is 0 Å². The average Bonchev–Trinajstić information content (AvgIpc) is 3.97. The molecule has 10 aromatic rings. The lowest BCUT2D eigenvalue weighted by molar-refractivity contribution is -0.649. The van der Waals surface area contributed by atoms with Crippen molar-refractivity contribution in [2.75, 3.05) is 0 Å². The van der Waals surface area contributed by atoms with Gasteiger partial charge in [0.25, 0.3) is 0 Å². The summed E-state index contributed by atoms with van der Waals surface area (Å²) in [5.74, 6) is 2.12. The molecule has 2 aliphatic rings. The largest absolute Gasteiger partial charge is 0.458 e. The number of benzene rings is 7. The lowest BCUT2D eigenvalue weighted by Crippen LogP contribution is -2.33. The van der Waals surface area contributed by atoms with Crippen molar-refractivity contribution in [1.82, 2.24) is 14.1 Å². The number of ether oxygens (including phenoxy) is 1. The van der Waals surface area contributed by atoms with E-state index in [4.69, 9.17) is 13.8 Å². The van der Waals surface area contributed by atoms with E-state index in [1.165, 1.54) is 32.4 Å². The molecular weight excluding hydrogens is 901 g/mol. The molecule has 0 N–H and O–H groups in total. The van der Waals surface area contributed by atoms with E-state index in [0.717, 1.165) is 92.4 Å². The summed E-state index contributed by atoms with van der Waals surface area (Å²) in [5.41, 5.74) is 17.0. The first-order chi connectivity index (χ1) is 36.4. The number of aryl methyl sites for hydroxylation is 1. The monoisotopic (exact) mass is 974 g/mol. The van der Waals surface area contributed by atoms with Crippen LogP contribution in [0.5, 0.6) is 11.5 Å². The normalized spacial score (nSPS) is 17.4. The highest BCUT2D eigenvalue weighted by atomic mass is 16.5. The van der Waals surface area contributed by atoms with Crippen LogP contribution in [0, 0.1) is 6.33 Å². The van der Waals surface area contributed by atoms with Crippen LogP contribution in [0.2, 0.25) is 0 Å². The van der Waals surface area contributed by atoms with Crippen molar-refractivity contribution in [2.24, 2.45) is 6.98 Å². The maximum absolute atomic E-state index is 9.14. The Bertz CT molecular complexity index is 3910. The van der Waals surface area contributed by atoms with Crippen LogP contribution in [0.4, 0.5) is 0 Å². The number of pyridine rings is 1. The van der Waals surface area contributed by atoms with Gasteiger partial charge in [0.15, 0.2) is 0 Å². The van der Waals surface area contributed by atoms with Crippen molar-refractivity contribution in [3.8, 4) is 56.4 Å². The maximum Gasteiger partial charge on any atom is 0.244 e. The van der Waals surface area contributed by atoms with Gasteiger partial charge in [-0.15, -0.1) is 0 Å². The zero-order valence-corrected chi connectivity index (χ0v) is 45.0. The first-order valence-electron chi connectivity index (χ1n) is 28.1. The van der Waals surface area contributed by atoms with Gasteiger partial charge in [-0.1, -0.05) is 179 Å². The Labute approximate surface area is 442 Å². The molecule has 3 heterocycles. The lowest BCUT2D eigenvalue weighted by Gasteiger charge is -2.42. The molecule has 0 saturated carbocycles. The Morgan fingerprint density at radius 2 is 1.11 bits per heavy atom. The van der Waals surface area contributed by atoms with Gasteiger partial charge in [0, 0.05) is 23.0 Å². The SMILES string of the molecule is [2H]C([2H])([2H])[n+]1[c-]n(-c2cccc(Oc3ccc4c5ccccc5n(-c5cc(C(C)(C)C)ccn5)c4c3)c2)c2cccc(-c3c(-c4ccc5c(c4)C(C)(C)CCC5(C)C)cccc3-c3ccc4c(c3)C(C)(C)CCC4(C)C)c21. The van der Waals surface area contributed by atoms with Gasteiger partial charge in [-0.3, -0.25) is 4.57 Å². The van der Waals surface area contributed by atoms with Gasteiger partial charge in [-0.05, 0) is 156 Å². The molecule has 2 aliphatic carbocycles. The molecule has 3 aromatic heterocycles. The molecule has 5 heteroatoms. The van der Waals surface area contributed by atoms with Gasteiger partial charge in [-0.2, -0.15) is 0 Å². The van der Waals surface area contributed by atoms with Gasteiger partial charge in [0.1, 0.15) is 17.3 Å². The highest BCUT2D eigenvalue weighted by Gasteiger charge is 2.39. The Morgan fingerprint density at radius 1 is 0.541 bits per heavy atom. The molecule has 5 nitrogen and oxygen atoms in total. The van der Waals surface area contributed by atoms with E-state index >= 15 is 0 Å². The zero-order chi connectivity index (χ0) is 54.2. The summed E-state index contributed by atoms with van der Waals surface area (Å²) >= 11 is 0. The van der Waals surface area contributed by atoms with E-state index in [1.54, 1.807) is 0 Å². The fourth-order valence-corrected chi connectivity index (χ4v) is 12.5. The van der Waals surface area contributed by atoms with Crippen LogP contribution in [0.25, 0.3) is 77.7 Å². The highest BCUT2D eigenvalue weighted by molar-refractivity contribution is 6.09. The van der Waals surface area contributed by atoms with Crippen LogP contribution in [-0.2, 0) is 34.1 Å². The number of fused-ring (bicyclic) bond motifs is 6. The Morgan fingerprint density at radius 3 is 1.76 bits per heavy atom. The second kappa shape index (κ2) is 16.9. The minimum Gasteiger partial charge on any atom is -0.458 e. The highest BCUT2D eigenvalue weighted by Crippen LogP contribution is 2.51. The van der Waals surface area contributed by atoms with E-state index in [1.807, 2.05) is 47.2 Å². The summed E-state index contributed by atoms with van der Waals surface area (Å²) in [4.78, 5) is 4.89. The summed E-state index contributed by atoms with van der Waals surface area (Å²) in [6.07, 6.45) is 9.73. The molecule has 0 bridgehead atoms. The van der Waals surface area contributed by atoms with E-state index in [9.17, 15) is 0 Å². The summed E-state index contributed by atoms with van der Waals surface area (Å²) in [6, 6.07) is 53.7. The van der Waals surface area contributed by atoms with Crippen molar-refractivity contribution >= 4 is 32.8 Å². The van der Waals surface area contributed by atoms with Crippen LogP contribution < -0.4 is 9.30 Å². The third kappa shape index (κ3) is 7.88. The van der Waals surface area contributed by atoms with Crippen molar-refractivity contribution in [3.05, 3.63) is 192 Å². The van der Waals surface area contributed by atoms with Crippen molar-refractivity contribution in [2.45, 2.75) is 129 Å². The molecule has 0 radical (unpaired) electrons. The smallest absolute Gasteiger partial charge is 0.244 e. The fourth-order valence-electron chi connectivity index (χ4n) is 12.5. The second-order valence-electron chi connectivity index (χ2n) is 25.0. The Hall–Kier alpha value is -7.24. The molecule has 0 aliphatic heterocycles. The van der Waals surface area contributed by atoms with Gasteiger partial charge in [-0.25, -0.2) is 4.98 Å². The molecule has 12 rings (SSSR count). The molecular formula is C69H70N4O. The van der Waals surface area contributed by atoms with Crippen LogP contribution in [0.3, 0.4) is 0 Å². The maximum atomic E-state index is 9.14. The standard InChI is InChI=1S/C69H70N4O/c1-65(2,3)46-32-37-70-62(40-46)73-59-24-14-13-20-52(59)53-29-28-49(42-61(53)73)74-48-19-15-18-47(41-48)72-43-71(12)64-54(23-17-25-60(64)72)63-50(44-26-30-55-57(38-44)68(8,9)35-33-66(55,4)5)21-16-22-51(63)45-27-31-56-58(39-45)69(10,11)36-34-67(56,6)7/h13-32,37-42H,33-36H2,1-12H3/i12D3. The number of hydrogen-bond donors (Lipinski definition) is 0. The van der Waals surface area contributed by atoms with Crippen LogP contribution in [-0.4, -0.2) is 14.1 Å². The van der Waals surface area contributed by atoms with Gasteiger partial charge < -0.3 is 13.9 Å². The van der Waals surface area contributed by atoms with Crippen LogP contribution in [0.1, 0.15) is 134 Å². The average molecular weight is 974 g/mol. The Balaban J connectivity index is 1.02. The number of hydrogen-bond acceptors (Lipinski definition) is 2. The summed E-state index contributed by atoms with van der Waals surface area (Å²) in [5, 5.41) is 2.24. The third-order valence-corrected chi connectivity index (χ3v) is 17.1. The number of imidazole rings is 1. The third-order valence-electron chi connectivity index (χ3n) is 17.1. The van der Waals surface area contributed by atoms with E-state index in [2.05, 4.69) is 202 Å². The zero-order valence-electron chi connectivity index (χ0n) is 48.0. The van der Waals surface area contributed by atoms with Gasteiger partial charge in [0.2, 0.25) is 6.33 Å². The molecule has 7 aromatic carbocycles. The minimum atomic E-state index is -2.57. The number of rotatable bonds is 7. The number of para-hydroxylation sites is 2. The molecule has 0 saturated heterocycles. The van der Waals surface area contributed by atoms with Crippen molar-refractivity contribution < 1.29 is 13.4 Å². The first kappa shape index (κ1) is 44.3. The summed E-state index contributed by atoms with van der Waals surface area (Å²) < 4.78 is 39.7. The molecule has 0 unspecified atom stereocenters. The topological polar surface area (TPSA) is 35.9 Å². The van der Waals surface area contributed by atoms with E-state index in [0.29, 0.717) is 22.5 Å². The number of nitrogens with zero attached hydrogens (tertiary/aromatic N) is 4. The van der Waals surface area contributed by atoms with Gasteiger partial charge in [0.05, 0.1) is 38.8 Å². The number of aromatic nitrogens is 4. The molecule has 74 heavy (non-hydrogen) atoms. The summed E-state index contributed by atoms with van der Waals surface area (Å²) in [7, 11) is 0. The first-order valence-corrected chi connectivity index (χ1v) is 26.6. The quantitative estimate of drug-likeness (QED) is 0.118. The predicted molar refractivity (Wildman–Crippen MR) is 308 cm³/mol. The molecule has 0 fully saturated rings. The van der Waals surface area contributed by atoms with E-state index < -0.39 is 6.98 Å². The summed E-state index contributed by atoms with van der Waals surface area (Å²) in [6.45, 7) is 23.1. The van der Waals surface area contributed by atoms with Crippen molar-refractivity contribution in [1.29, 1.82) is 0 Å².